The second-order valence-electron chi connectivity index (χ2n) is 7.77. The summed E-state index contributed by atoms with van der Waals surface area (Å²) >= 11 is 0. The minimum Gasteiger partial charge on any atom is -0.344 e. The molecule has 2 atom stereocenters. The monoisotopic (exact) mass is 402 g/mol. The largest absolute Gasteiger partial charge is 0.416 e. The Morgan fingerprint density at radius 2 is 1.72 bits per heavy atom. The highest BCUT2D eigenvalue weighted by Crippen LogP contribution is 2.44. The highest BCUT2D eigenvalue weighted by atomic mass is 19.4. The number of nitrogens with zero attached hydrogens (tertiary/aromatic N) is 1. The summed E-state index contributed by atoms with van der Waals surface area (Å²) in [4.78, 5) is 27.2. The van der Waals surface area contributed by atoms with Crippen molar-refractivity contribution in [2.75, 3.05) is 18.9 Å². The van der Waals surface area contributed by atoms with Gasteiger partial charge in [0.15, 0.2) is 0 Å². The summed E-state index contributed by atoms with van der Waals surface area (Å²) in [6.07, 6.45) is -2.28. The van der Waals surface area contributed by atoms with Crippen LogP contribution in [0.5, 0.6) is 0 Å². The van der Waals surface area contributed by atoms with Crippen molar-refractivity contribution in [3.05, 3.63) is 65.2 Å². The summed E-state index contributed by atoms with van der Waals surface area (Å²) in [6.45, 7) is 0.284. The number of para-hydroxylation sites is 1. The van der Waals surface area contributed by atoms with Crippen molar-refractivity contribution in [2.45, 2.75) is 30.9 Å². The first-order valence-corrected chi connectivity index (χ1v) is 9.57. The minimum absolute atomic E-state index is 0.284. The number of hydrogen-bond donors (Lipinski definition) is 1. The molecule has 1 aliphatic carbocycles. The minimum atomic E-state index is -4.43. The van der Waals surface area contributed by atoms with E-state index < -0.39 is 29.5 Å². The van der Waals surface area contributed by atoms with Gasteiger partial charge in [-0.25, -0.2) is 0 Å². The molecule has 0 spiro atoms. The van der Waals surface area contributed by atoms with Gasteiger partial charge in [-0.3, -0.25) is 9.59 Å². The van der Waals surface area contributed by atoms with Crippen molar-refractivity contribution in [1.82, 2.24) is 4.90 Å². The van der Waals surface area contributed by atoms with Crippen molar-refractivity contribution < 1.29 is 22.8 Å². The second-order valence-corrected chi connectivity index (χ2v) is 7.77. The molecule has 0 bridgehead atoms. The maximum absolute atomic E-state index is 13.0. The Bertz CT molecular complexity index is 936. The quantitative estimate of drug-likeness (QED) is 0.771. The van der Waals surface area contributed by atoms with Crippen molar-refractivity contribution >= 4 is 17.5 Å². The molecule has 2 amide bonds. The van der Waals surface area contributed by atoms with Gasteiger partial charge in [-0.05, 0) is 48.1 Å². The van der Waals surface area contributed by atoms with Crippen LogP contribution in [0.15, 0.2) is 48.5 Å². The molecular formula is C22H21F3N2O2. The Labute approximate surface area is 166 Å². The number of alkyl halides is 3. The molecule has 2 aromatic rings. The van der Waals surface area contributed by atoms with Crippen LogP contribution in [0.1, 0.15) is 41.4 Å². The van der Waals surface area contributed by atoms with Gasteiger partial charge in [-0.2, -0.15) is 13.2 Å². The van der Waals surface area contributed by atoms with E-state index in [1.807, 2.05) is 24.3 Å². The highest BCUT2D eigenvalue weighted by molar-refractivity contribution is 6.08. The van der Waals surface area contributed by atoms with Gasteiger partial charge in [0.1, 0.15) is 5.92 Å². The fourth-order valence-electron chi connectivity index (χ4n) is 3.98. The molecule has 4 rings (SSSR count). The van der Waals surface area contributed by atoms with Gasteiger partial charge in [0, 0.05) is 25.2 Å². The van der Waals surface area contributed by atoms with Crippen LogP contribution in [0.25, 0.3) is 0 Å². The van der Waals surface area contributed by atoms with Crippen LogP contribution < -0.4 is 5.32 Å². The van der Waals surface area contributed by atoms with E-state index in [1.54, 1.807) is 7.05 Å². The summed E-state index contributed by atoms with van der Waals surface area (Å²) < 4.78 is 38.5. The summed E-state index contributed by atoms with van der Waals surface area (Å²) in [5.74, 6) is -1.78. The molecule has 152 valence electrons. The molecule has 4 nitrogen and oxygen atoms in total. The number of likely N-dealkylation sites (N-methyl/N-ethyl adjacent to an activating group) is 1. The molecular weight excluding hydrogens is 381 g/mol. The van der Waals surface area contributed by atoms with Gasteiger partial charge in [-0.1, -0.05) is 30.3 Å². The zero-order chi connectivity index (χ0) is 20.8. The summed E-state index contributed by atoms with van der Waals surface area (Å²) in [5.41, 5.74) is 1.56. The topological polar surface area (TPSA) is 49.4 Å². The lowest BCUT2D eigenvalue weighted by Crippen LogP contribution is -2.33. The predicted molar refractivity (Wildman–Crippen MR) is 102 cm³/mol. The van der Waals surface area contributed by atoms with Crippen molar-refractivity contribution in [3.63, 3.8) is 0 Å². The third-order valence-corrected chi connectivity index (χ3v) is 5.70. The first-order chi connectivity index (χ1) is 13.8. The summed E-state index contributed by atoms with van der Waals surface area (Å²) in [7, 11) is 1.60. The van der Waals surface area contributed by atoms with Crippen LogP contribution in [0, 0.1) is 5.92 Å². The van der Waals surface area contributed by atoms with Gasteiger partial charge in [0.05, 0.1) is 5.56 Å². The average Bonchev–Trinajstić information content (AvgIpc) is 3.47. The number of carbonyl (C=O) groups is 2. The van der Waals surface area contributed by atoms with E-state index in [4.69, 9.17) is 0 Å². The Balaban J connectivity index is 1.59. The van der Waals surface area contributed by atoms with Gasteiger partial charge in [0.25, 0.3) is 0 Å². The van der Waals surface area contributed by atoms with Crippen LogP contribution in [-0.4, -0.2) is 30.3 Å². The smallest absolute Gasteiger partial charge is 0.344 e. The Morgan fingerprint density at radius 3 is 2.34 bits per heavy atom. The van der Waals surface area contributed by atoms with Crippen molar-refractivity contribution in [1.29, 1.82) is 0 Å². The zero-order valence-corrected chi connectivity index (χ0v) is 15.9. The van der Waals surface area contributed by atoms with Crippen molar-refractivity contribution in [2.24, 2.45) is 5.92 Å². The molecule has 2 aromatic carbocycles. The Kier molecular flexibility index (Phi) is 4.84. The standard InChI is InChI=1S/C22H21F3N2O2/c1-27-12-17(14-8-10-15(11-9-14)22(23,24)25)19(21(27)29)20(28)26-18-5-3-2-4-16(18)13-6-7-13/h2-5,8-11,13,17,19H,6-7,12H2,1H3,(H,26,28)/t17-,19+/m1/s1. The van der Waals surface area contributed by atoms with Gasteiger partial charge in [-0.15, -0.1) is 0 Å². The lowest BCUT2D eigenvalue weighted by atomic mass is 9.87. The molecule has 1 heterocycles. The fraction of sp³-hybridized carbons (Fsp3) is 0.364. The molecule has 0 aromatic heterocycles. The molecule has 1 N–H and O–H groups in total. The molecule has 1 saturated heterocycles. The number of rotatable bonds is 4. The van der Waals surface area contributed by atoms with E-state index in [2.05, 4.69) is 5.32 Å². The van der Waals surface area contributed by atoms with E-state index in [1.165, 1.54) is 17.0 Å². The maximum Gasteiger partial charge on any atom is 0.416 e. The van der Waals surface area contributed by atoms with Gasteiger partial charge < -0.3 is 10.2 Å². The molecule has 2 fully saturated rings. The van der Waals surface area contributed by atoms with Crippen LogP contribution in [0.3, 0.4) is 0 Å². The summed E-state index contributed by atoms with van der Waals surface area (Å²) in [6, 6.07) is 12.3. The molecule has 2 aliphatic rings. The lowest BCUT2D eigenvalue weighted by Gasteiger charge is -2.19. The number of hydrogen-bond acceptors (Lipinski definition) is 2. The van der Waals surface area contributed by atoms with Crippen LogP contribution in [-0.2, 0) is 15.8 Å². The fourth-order valence-corrected chi connectivity index (χ4v) is 3.98. The van der Waals surface area contributed by atoms with Crippen LogP contribution in [0.4, 0.5) is 18.9 Å². The first-order valence-electron chi connectivity index (χ1n) is 9.57. The molecule has 0 radical (unpaired) electrons. The highest BCUT2D eigenvalue weighted by Gasteiger charge is 2.44. The normalized spacial score (nSPS) is 22.1. The number of anilines is 1. The summed E-state index contributed by atoms with van der Waals surface area (Å²) in [5, 5.41) is 2.89. The molecule has 1 aliphatic heterocycles. The van der Waals surface area contributed by atoms with E-state index in [9.17, 15) is 22.8 Å². The van der Waals surface area contributed by atoms with Crippen LogP contribution >= 0.6 is 0 Å². The van der Waals surface area contributed by atoms with E-state index in [0.717, 1.165) is 30.5 Å². The predicted octanol–water partition coefficient (Wildman–Crippen LogP) is 4.39. The SMILES string of the molecule is CN1C[C@H](c2ccc(C(F)(F)F)cc2)[C@@H](C(=O)Nc2ccccc2C2CC2)C1=O. The maximum atomic E-state index is 13.0. The number of benzene rings is 2. The molecule has 7 heteroatoms. The van der Waals surface area contributed by atoms with E-state index in [0.29, 0.717) is 17.2 Å². The van der Waals surface area contributed by atoms with Gasteiger partial charge >= 0.3 is 6.18 Å². The number of carbonyl (C=O) groups excluding carboxylic acids is 2. The second kappa shape index (κ2) is 7.21. The van der Waals surface area contributed by atoms with E-state index in [-0.39, 0.29) is 12.5 Å². The number of halogens is 3. The third kappa shape index (κ3) is 3.86. The number of likely N-dealkylation sites (tertiary alicyclic amines) is 1. The van der Waals surface area contributed by atoms with Crippen molar-refractivity contribution in [3.8, 4) is 0 Å². The molecule has 0 unspecified atom stereocenters. The van der Waals surface area contributed by atoms with Gasteiger partial charge in [0.2, 0.25) is 11.8 Å². The zero-order valence-electron chi connectivity index (χ0n) is 15.9. The number of nitrogens with one attached hydrogen (secondary N) is 1. The van der Waals surface area contributed by atoms with Crippen LogP contribution in [0.2, 0.25) is 0 Å². The first kappa shape index (κ1) is 19.5. The average molecular weight is 402 g/mol. The Hall–Kier alpha value is -2.83. The molecule has 29 heavy (non-hydrogen) atoms. The molecule has 1 saturated carbocycles. The lowest BCUT2D eigenvalue weighted by molar-refractivity contribution is -0.138. The Morgan fingerprint density at radius 1 is 1.07 bits per heavy atom. The number of amides is 2. The van der Waals surface area contributed by atoms with E-state index >= 15 is 0 Å². The third-order valence-electron chi connectivity index (χ3n) is 5.70.